The molecular formula is C25H28ClF3N2O5S. The molecule has 2 aromatic carbocycles. The first-order valence-corrected chi connectivity index (χ1v) is 13.5. The minimum atomic E-state index is -4.09. The van der Waals surface area contributed by atoms with E-state index < -0.39 is 50.0 Å². The summed E-state index contributed by atoms with van der Waals surface area (Å²) in [4.78, 5) is 17.1. The summed E-state index contributed by atoms with van der Waals surface area (Å²) >= 11 is 6.27. The largest absolute Gasteiger partial charge is 0.399 e. The van der Waals surface area contributed by atoms with Gasteiger partial charge in [0.05, 0.1) is 21.4 Å². The molecule has 7 nitrogen and oxygen atoms in total. The zero-order valence-electron chi connectivity index (χ0n) is 20.5. The number of aliphatic hydroxyl groups is 1. The summed E-state index contributed by atoms with van der Waals surface area (Å²) in [6.07, 6.45) is 2.84. The van der Waals surface area contributed by atoms with E-state index in [1.54, 1.807) is 13.8 Å². The molecule has 4 atom stereocenters. The van der Waals surface area contributed by atoms with Crippen LogP contribution in [0, 0.1) is 29.3 Å². The number of carbonyl (C=O) groups excluding carboxylic acids is 1. The third-order valence-corrected chi connectivity index (χ3v) is 9.70. The summed E-state index contributed by atoms with van der Waals surface area (Å²) in [5, 5.41) is 15.8. The maximum Gasteiger partial charge on any atom is 0.255 e. The Hall–Kier alpha value is -2.63. The number of carbonyl (C=O) groups is 1. The second kappa shape index (κ2) is 11.4. The van der Waals surface area contributed by atoms with Gasteiger partial charge in [-0.2, -0.15) is 0 Å². The summed E-state index contributed by atoms with van der Waals surface area (Å²) in [7, 11) is -2.75. The van der Waals surface area contributed by atoms with Crippen molar-refractivity contribution in [3.05, 3.63) is 58.4 Å². The fourth-order valence-electron chi connectivity index (χ4n) is 4.78. The van der Waals surface area contributed by atoms with Gasteiger partial charge in [-0.05, 0) is 55.7 Å². The number of anilines is 1. The quantitative estimate of drug-likeness (QED) is 0.244. The maximum absolute atomic E-state index is 13.8. The zero-order chi connectivity index (χ0) is 27.5. The molecule has 0 aromatic heterocycles. The van der Waals surface area contributed by atoms with Gasteiger partial charge in [-0.15, -0.1) is 0 Å². The van der Waals surface area contributed by atoms with E-state index in [-0.39, 0.29) is 33.5 Å². The van der Waals surface area contributed by atoms with Crippen molar-refractivity contribution >= 4 is 39.2 Å². The molecule has 0 aliphatic heterocycles. The third kappa shape index (κ3) is 6.27. The molecule has 2 unspecified atom stereocenters. The number of nitrogens with one attached hydrogen (secondary N) is 1. The molecule has 2 N–H and O–H groups in total. The molecule has 1 aliphatic rings. The Balaban J connectivity index is 1.93. The second-order valence-corrected chi connectivity index (χ2v) is 11.7. The van der Waals surface area contributed by atoms with Gasteiger partial charge in [-0.25, -0.2) is 21.6 Å². The average Bonchev–Trinajstić information content (AvgIpc) is 3.21. The van der Waals surface area contributed by atoms with Gasteiger partial charge in [0.2, 0.25) is 0 Å². The molecule has 37 heavy (non-hydrogen) atoms. The van der Waals surface area contributed by atoms with Crippen molar-refractivity contribution in [2.45, 2.75) is 55.3 Å². The van der Waals surface area contributed by atoms with Crippen molar-refractivity contribution in [1.29, 1.82) is 0 Å². The lowest BCUT2D eigenvalue weighted by molar-refractivity contribution is 0.0791. The number of nitrogens with zero attached hydrogens (tertiary/aromatic N) is 1. The van der Waals surface area contributed by atoms with Crippen molar-refractivity contribution < 1.29 is 36.3 Å². The second-order valence-electron chi connectivity index (χ2n) is 9.26. The highest BCUT2D eigenvalue weighted by molar-refractivity contribution is 7.92. The van der Waals surface area contributed by atoms with Crippen LogP contribution in [0.5, 0.6) is 0 Å². The van der Waals surface area contributed by atoms with Crippen molar-refractivity contribution in [3.8, 4) is 0 Å². The fraction of sp³-hybridized carbons (Fsp3) is 0.440. The minimum Gasteiger partial charge on any atom is -0.399 e. The molecule has 1 aliphatic carbocycles. The monoisotopic (exact) mass is 560 g/mol. The molecular weight excluding hydrogens is 533 g/mol. The minimum absolute atomic E-state index is 0.0973. The van der Waals surface area contributed by atoms with Gasteiger partial charge in [0, 0.05) is 23.4 Å². The molecule has 0 bridgehead atoms. The Morgan fingerprint density at radius 3 is 2.49 bits per heavy atom. The highest BCUT2D eigenvalue weighted by Gasteiger charge is 2.46. The molecule has 1 fully saturated rings. The summed E-state index contributed by atoms with van der Waals surface area (Å²) in [5.74, 6) is -6.20. The van der Waals surface area contributed by atoms with Crippen LogP contribution in [0.4, 0.5) is 18.9 Å². The summed E-state index contributed by atoms with van der Waals surface area (Å²) in [5.41, 5.74) is -1.85. The number of amides is 1. The smallest absolute Gasteiger partial charge is 0.255 e. The molecule has 3 rings (SSSR count). The predicted octanol–water partition coefficient (Wildman–Crippen LogP) is 5.36. The number of benzene rings is 2. The van der Waals surface area contributed by atoms with Gasteiger partial charge < -0.3 is 15.3 Å². The number of hydrogen-bond donors (Lipinski definition) is 2. The lowest BCUT2D eigenvalue weighted by atomic mass is 9.87. The van der Waals surface area contributed by atoms with Crippen LogP contribution in [0.1, 0.15) is 49.9 Å². The molecule has 0 saturated heterocycles. The van der Waals surface area contributed by atoms with Crippen LogP contribution in [0.15, 0.2) is 40.4 Å². The van der Waals surface area contributed by atoms with E-state index >= 15 is 0 Å². The SMILES string of the molecule is CC[C@@](O)(/C=N/OC)C[C@@H]1CCC(C)C1S(=O)(=O)c1cc(C(=O)Nc2cc(F)c(F)c(F)c2)ccc1Cl. The molecule has 1 amide bonds. The first-order valence-electron chi connectivity index (χ1n) is 11.6. The topological polar surface area (TPSA) is 105 Å². The van der Waals surface area contributed by atoms with E-state index in [0.717, 1.165) is 6.07 Å². The van der Waals surface area contributed by atoms with Crippen molar-refractivity contribution in [2.24, 2.45) is 17.0 Å². The van der Waals surface area contributed by atoms with Crippen molar-refractivity contribution in [2.75, 3.05) is 12.4 Å². The molecule has 12 heteroatoms. The number of sulfone groups is 1. The van der Waals surface area contributed by atoms with Gasteiger partial charge in [-0.3, -0.25) is 4.79 Å². The van der Waals surface area contributed by atoms with Gasteiger partial charge in [0.15, 0.2) is 27.3 Å². The number of halogens is 4. The maximum atomic E-state index is 13.8. The van der Waals surface area contributed by atoms with Crippen LogP contribution >= 0.6 is 11.6 Å². The van der Waals surface area contributed by atoms with Crippen LogP contribution in [0.2, 0.25) is 5.02 Å². The van der Waals surface area contributed by atoms with E-state index in [1.165, 1.54) is 25.5 Å². The molecule has 1 saturated carbocycles. The normalized spacial score (nSPS) is 21.7. The summed E-state index contributed by atoms with van der Waals surface area (Å²) < 4.78 is 67.9. The van der Waals surface area contributed by atoms with E-state index in [2.05, 4.69) is 15.3 Å². The van der Waals surface area contributed by atoms with Gasteiger partial charge in [-0.1, -0.05) is 30.6 Å². The third-order valence-electron chi connectivity index (χ3n) is 6.74. The van der Waals surface area contributed by atoms with Crippen LogP contribution in [0.3, 0.4) is 0 Å². The highest BCUT2D eigenvalue weighted by Crippen LogP contribution is 2.44. The van der Waals surface area contributed by atoms with Crippen LogP contribution in [-0.2, 0) is 14.7 Å². The Kier molecular flexibility index (Phi) is 8.92. The van der Waals surface area contributed by atoms with Crippen molar-refractivity contribution in [3.63, 3.8) is 0 Å². The Morgan fingerprint density at radius 2 is 1.89 bits per heavy atom. The highest BCUT2D eigenvalue weighted by atomic mass is 35.5. The van der Waals surface area contributed by atoms with E-state index in [4.69, 9.17) is 11.6 Å². The Morgan fingerprint density at radius 1 is 1.24 bits per heavy atom. The summed E-state index contributed by atoms with van der Waals surface area (Å²) in [6, 6.07) is 4.83. The lowest BCUT2D eigenvalue weighted by Crippen LogP contribution is -2.38. The van der Waals surface area contributed by atoms with E-state index in [9.17, 15) is 31.5 Å². The number of oxime groups is 1. The first kappa shape index (κ1) is 28.9. The molecule has 0 heterocycles. The average molecular weight is 561 g/mol. The zero-order valence-corrected chi connectivity index (χ0v) is 22.0. The van der Waals surface area contributed by atoms with Crippen LogP contribution in [-0.4, -0.2) is 43.6 Å². The Bertz CT molecular complexity index is 1280. The molecule has 0 spiro atoms. The predicted molar refractivity (Wildman–Crippen MR) is 134 cm³/mol. The number of rotatable bonds is 9. The van der Waals surface area contributed by atoms with Crippen LogP contribution in [0.25, 0.3) is 0 Å². The standard InChI is InChI=1S/C25H28ClF3N2O5S/c1-4-25(33,13-30-36-3)12-16-6-5-14(2)23(16)37(34,35)21-9-15(7-8-18(21)26)24(32)31-17-10-19(27)22(29)20(28)11-17/h7-11,13-14,16,23,33H,4-6,12H2,1-3H3,(H,31,32)/b30-13+/t14?,16-,23?,25-/m0/s1. The van der Waals surface area contributed by atoms with Gasteiger partial charge in [0.1, 0.15) is 12.7 Å². The molecule has 202 valence electrons. The molecule has 2 aromatic rings. The fourth-order valence-corrected chi connectivity index (χ4v) is 7.63. The van der Waals surface area contributed by atoms with Crippen molar-refractivity contribution in [1.82, 2.24) is 0 Å². The van der Waals surface area contributed by atoms with Gasteiger partial charge in [0.25, 0.3) is 5.91 Å². The van der Waals surface area contributed by atoms with Crippen LogP contribution < -0.4 is 5.32 Å². The lowest BCUT2D eigenvalue weighted by Gasteiger charge is -2.30. The Labute approximate surface area is 218 Å². The molecule has 0 radical (unpaired) electrons. The van der Waals surface area contributed by atoms with Gasteiger partial charge >= 0.3 is 0 Å². The number of hydrogen-bond acceptors (Lipinski definition) is 6. The summed E-state index contributed by atoms with van der Waals surface area (Å²) in [6.45, 7) is 3.56. The van der Waals surface area contributed by atoms with E-state index in [0.29, 0.717) is 31.4 Å². The van der Waals surface area contributed by atoms with E-state index in [1.807, 2.05) is 0 Å². The first-order chi connectivity index (χ1) is 17.3.